The number of carbonyl (C=O) groups excluding carboxylic acids is 3. The normalized spacial score (nSPS) is 41.8. The molecule has 10 rings (SSSR count). The molecule has 1 aromatic heterocycles. The molecule has 7 fully saturated rings. The molecule has 7 unspecified atom stereocenters. The highest BCUT2D eigenvalue weighted by Gasteiger charge is 3.30. The number of hydrogen-bond acceptors (Lipinski definition) is 6. The molecule has 254 valence electrons. The molecule has 2 N–H and O–H groups in total. The number of benzene rings is 1. The van der Waals surface area contributed by atoms with Gasteiger partial charge in [-0.05, 0) is 137 Å². The number of aryl methyl sites for hydroxylation is 2. The van der Waals surface area contributed by atoms with Crippen molar-refractivity contribution in [1.29, 1.82) is 0 Å². The Hall–Kier alpha value is -3.63. The first-order chi connectivity index (χ1) is 22.4. The zero-order chi connectivity index (χ0) is 34.0. The van der Waals surface area contributed by atoms with Crippen LogP contribution in [0.4, 0.5) is 19.8 Å². The fourth-order valence-corrected chi connectivity index (χ4v) is 13.9. The molecule has 7 atom stereocenters. The number of fused-ring (bicyclic) bond motifs is 7. The summed E-state index contributed by atoms with van der Waals surface area (Å²) in [4.78, 5) is 42.1. The number of ether oxygens (including phenoxy) is 2. The third-order valence-electron chi connectivity index (χ3n) is 14.0. The highest BCUT2D eigenvalue weighted by Crippen LogP contribution is 3.29. The van der Waals surface area contributed by atoms with Crippen molar-refractivity contribution in [3.63, 3.8) is 0 Å². The van der Waals surface area contributed by atoms with Crippen LogP contribution in [0.25, 0.3) is 5.69 Å². The van der Waals surface area contributed by atoms with Crippen LogP contribution in [-0.4, -0.2) is 56.1 Å². The summed E-state index contributed by atoms with van der Waals surface area (Å²) >= 11 is 0. The predicted octanol–water partition coefficient (Wildman–Crippen LogP) is 5.83. The monoisotopic (exact) mass is 657 g/mol. The number of esters is 1. The number of anilines is 1. The van der Waals surface area contributed by atoms with Crippen molar-refractivity contribution in [1.82, 2.24) is 20.0 Å². The number of amides is 3. The lowest BCUT2D eigenvalue weighted by atomic mass is 9.17. The van der Waals surface area contributed by atoms with E-state index in [1.54, 1.807) is 35.6 Å². The molecule has 0 radical (unpaired) electrons. The number of hydrogen-bond donors (Lipinski definition) is 2. The highest BCUT2D eigenvalue weighted by atomic mass is 19.1. The Balaban J connectivity index is 0.943. The maximum absolute atomic E-state index is 14.7. The minimum absolute atomic E-state index is 0.0802. The van der Waals surface area contributed by atoms with Gasteiger partial charge in [-0.25, -0.2) is 18.7 Å². The smallest absolute Gasteiger partial charge is 0.410 e. The summed E-state index contributed by atoms with van der Waals surface area (Å²) in [6, 6.07) is 2.79. The van der Waals surface area contributed by atoms with E-state index < -0.39 is 23.3 Å². The van der Waals surface area contributed by atoms with E-state index >= 15 is 0 Å². The maximum atomic E-state index is 14.7. The lowest BCUT2D eigenvalue weighted by Crippen LogP contribution is -2.90. The first kappa shape index (κ1) is 29.3. The minimum Gasteiger partial charge on any atom is -0.460 e. The maximum Gasteiger partial charge on any atom is 0.410 e. The van der Waals surface area contributed by atoms with Gasteiger partial charge >= 0.3 is 18.1 Å². The summed E-state index contributed by atoms with van der Waals surface area (Å²) in [7, 11) is 0. The molecule has 48 heavy (non-hydrogen) atoms. The number of halogens is 1. The fourth-order valence-electron chi connectivity index (χ4n) is 13.9. The second kappa shape index (κ2) is 7.88. The molecule has 1 aromatic carbocycles. The molecule has 3 amide bonds. The zero-order valence-electron chi connectivity index (χ0n) is 29.1. The van der Waals surface area contributed by atoms with E-state index in [4.69, 9.17) is 14.6 Å². The van der Waals surface area contributed by atoms with E-state index in [0.717, 1.165) is 11.3 Å². The van der Waals surface area contributed by atoms with Crippen LogP contribution < -0.4 is 10.6 Å². The minimum atomic E-state index is -0.651. The average molecular weight is 658 g/mol. The van der Waals surface area contributed by atoms with E-state index in [1.165, 1.54) is 0 Å². The third kappa shape index (κ3) is 2.78. The van der Waals surface area contributed by atoms with Gasteiger partial charge < -0.3 is 19.7 Å². The SMILES string of the molecule is Cc1cc(-n2nc3c(c2NC(=O)NC24C5C6C7(CC(=O)OC(C)(C)C)C8C2C82C7C65C42)C(C)N(C(=O)OC(C)(C)C)CC3)cc(C)c1F. The van der Waals surface area contributed by atoms with Gasteiger partial charge in [-0.1, -0.05) is 0 Å². The van der Waals surface area contributed by atoms with Gasteiger partial charge in [0.05, 0.1) is 29.4 Å². The molecule has 0 bridgehead atoms. The molecule has 0 saturated heterocycles. The van der Waals surface area contributed by atoms with Crippen LogP contribution in [0.2, 0.25) is 0 Å². The molecule has 2 spiro atoms. The second-order valence-electron chi connectivity index (χ2n) is 18.3. The topological polar surface area (TPSA) is 115 Å². The van der Waals surface area contributed by atoms with Crippen LogP contribution in [-0.2, 0) is 20.7 Å². The van der Waals surface area contributed by atoms with Crippen LogP contribution in [0, 0.1) is 71.4 Å². The molecule has 11 heteroatoms. The quantitative estimate of drug-likeness (QED) is 0.392. The second-order valence-corrected chi connectivity index (χ2v) is 18.3. The van der Waals surface area contributed by atoms with Crippen molar-refractivity contribution < 1.29 is 28.2 Å². The predicted molar refractivity (Wildman–Crippen MR) is 172 cm³/mol. The first-order valence-electron chi connectivity index (χ1n) is 17.6. The number of aromatic nitrogens is 2. The molecule has 1 aliphatic heterocycles. The largest absolute Gasteiger partial charge is 0.460 e. The number of urea groups is 1. The summed E-state index contributed by atoms with van der Waals surface area (Å²) in [5.41, 5.74) is 2.65. The summed E-state index contributed by atoms with van der Waals surface area (Å²) in [5.74, 6) is 3.23. The lowest BCUT2D eigenvalue weighted by molar-refractivity contribution is -0.396. The van der Waals surface area contributed by atoms with Crippen molar-refractivity contribution in [2.75, 3.05) is 11.9 Å². The Bertz CT molecular complexity index is 1880. The van der Waals surface area contributed by atoms with E-state index in [9.17, 15) is 18.8 Å². The number of carbonyl (C=O) groups is 3. The Labute approximate surface area is 279 Å². The van der Waals surface area contributed by atoms with Gasteiger partial charge in [0.25, 0.3) is 0 Å². The van der Waals surface area contributed by atoms with Gasteiger partial charge in [0.1, 0.15) is 22.8 Å². The van der Waals surface area contributed by atoms with E-state index in [0.29, 0.717) is 88.4 Å². The van der Waals surface area contributed by atoms with Gasteiger partial charge in [0, 0.05) is 18.5 Å². The van der Waals surface area contributed by atoms with E-state index in [-0.39, 0.29) is 28.8 Å². The van der Waals surface area contributed by atoms with E-state index in [1.807, 2.05) is 48.5 Å². The average Bonchev–Trinajstić information content (AvgIpc) is 3.78. The van der Waals surface area contributed by atoms with Gasteiger partial charge in [-0.3, -0.25) is 10.1 Å². The zero-order valence-corrected chi connectivity index (χ0v) is 29.1. The molecule has 7 aliphatic carbocycles. The molecule has 7 saturated carbocycles. The third-order valence-corrected chi connectivity index (χ3v) is 14.0. The molecular formula is C37H44FN5O5. The standard InChI is InChI=1S/C37H44FN5O5/c1-15-12-18(13-16(2)22(15)38)43-27(21-17(3)42(11-10-19(21)41-43)31(46)48-33(7,8)9)39-30(45)40-37-25-23-34(14-20(44)47-32(4,5)6)24-26(37)36(24)28(34)35(23,25)29(36)37/h12-13,17,23-26,28-29H,10-11,14H2,1-9H3,(H2,39,40,45). The molecule has 8 aliphatic rings. The van der Waals surface area contributed by atoms with Gasteiger partial charge in [-0.15, -0.1) is 0 Å². The Kier molecular flexibility index (Phi) is 4.81. The van der Waals surface area contributed by atoms with Crippen molar-refractivity contribution in [3.8, 4) is 5.69 Å². The van der Waals surface area contributed by atoms with Crippen LogP contribution in [0.15, 0.2) is 12.1 Å². The summed E-state index contributed by atoms with van der Waals surface area (Å²) in [6.07, 6.45) is 0.596. The molecule has 10 nitrogen and oxygen atoms in total. The summed E-state index contributed by atoms with van der Waals surface area (Å²) in [6.45, 7) is 17.1. The first-order valence-corrected chi connectivity index (χ1v) is 17.6. The van der Waals surface area contributed by atoms with Crippen molar-refractivity contribution >= 4 is 23.9 Å². The number of rotatable bonds is 5. The van der Waals surface area contributed by atoms with Crippen molar-refractivity contribution in [3.05, 3.63) is 40.3 Å². The van der Waals surface area contributed by atoms with Crippen LogP contribution in [0.1, 0.15) is 83.3 Å². The fraction of sp³-hybridized carbons (Fsp3) is 0.676. The van der Waals surface area contributed by atoms with Crippen LogP contribution in [0.5, 0.6) is 0 Å². The molecular weight excluding hydrogens is 613 g/mol. The number of nitrogens with one attached hydrogen (secondary N) is 2. The van der Waals surface area contributed by atoms with Crippen LogP contribution >= 0.6 is 0 Å². The lowest BCUT2D eigenvalue weighted by Gasteiger charge is -2.87. The van der Waals surface area contributed by atoms with Crippen molar-refractivity contribution in [2.24, 2.45) is 51.8 Å². The van der Waals surface area contributed by atoms with Crippen molar-refractivity contribution in [2.45, 2.75) is 97.9 Å². The van der Waals surface area contributed by atoms with Gasteiger partial charge in [-0.2, -0.15) is 5.10 Å². The van der Waals surface area contributed by atoms with Gasteiger partial charge in [0.2, 0.25) is 0 Å². The molecule has 2 heterocycles. The Morgan fingerprint density at radius 3 is 2.15 bits per heavy atom. The number of nitrogens with zero attached hydrogens (tertiary/aromatic N) is 3. The van der Waals surface area contributed by atoms with E-state index in [2.05, 4.69) is 10.6 Å². The van der Waals surface area contributed by atoms with Gasteiger partial charge in [0.15, 0.2) is 0 Å². The Morgan fingerprint density at radius 2 is 1.56 bits per heavy atom. The summed E-state index contributed by atoms with van der Waals surface area (Å²) < 4.78 is 27.9. The molecule has 2 aromatic rings. The summed E-state index contributed by atoms with van der Waals surface area (Å²) in [5, 5.41) is 11.6. The Morgan fingerprint density at radius 1 is 0.958 bits per heavy atom. The van der Waals surface area contributed by atoms with Crippen LogP contribution in [0.3, 0.4) is 0 Å². The highest BCUT2D eigenvalue weighted by molar-refractivity contribution is 5.93.